The van der Waals surface area contributed by atoms with E-state index in [1.165, 1.54) is 25.0 Å². The Morgan fingerprint density at radius 3 is 2.32 bits per heavy atom. The molecule has 7 heteroatoms. The summed E-state index contributed by atoms with van der Waals surface area (Å²) in [5.74, 6) is 0.400. The molecule has 1 saturated heterocycles. The van der Waals surface area contributed by atoms with Crippen LogP contribution in [0.25, 0.3) is 0 Å². The van der Waals surface area contributed by atoms with Crippen LogP contribution in [-0.4, -0.2) is 44.7 Å². The first-order chi connectivity index (χ1) is 10.5. The van der Waals surface area contributed by atoms with Crippen molar-refractivity contribution in [3.05, 3.63) is 29.3 Å². The van der Waals surface area contributed by atoms with Crippen LogP contribution in [0.1, 0.15) is 25.7 Å². The minimum atomic E-state index is -3.35. The van der Waals surface area contributed by atoms with Crippen molar-refractivity contribution >= 4 is 27.4 Å². The molecule has 2 N–H and O–H groups in total. The van der Waals surface area contributed by atoms with Gasteiger partial charge in [0.05, 0.1) is 17.2 Å². The lowest BCUT2D eigenvalue weighted by molar-refractivity contribution is 0.429. The number of rotatable bonds is 4. The van der Waals surface area contributed by atoms with Gasteiger partial charge < -0.3 is 10.6 Å². The lowest BCUT2D eigenvalue weighted by atomic mass is 10.2. The highest BCUT2D eigenvalue weighted by atomic mass is 35.5. The summed E-state index contributed by atoms with van der Waals surface area (Å²) in [5, 5.41) is 0.516. The number of nitrogens with zero attached hydrogens (tertiary/aromatic N) is 2. The number of halogens is 1. The van der Waals surface area contributed by atoms with Gasteiger partial charge in [-0.15, -0.1) is 0 Å². The molecule has 0 aliphatic carbocycles. The van der Waals surface area contributed by atoms with E-state index in [0.717, 1.165) is 25.9 Å². The van der Waals surface area contributed by atoms with Gasteiger partial charge in [-0.25, -0.2) is 8.42 Å². The van der Waals surface area contributed by atoms with Crippen molar-refractivity contribution in [3.8, 4) is 0 Å². The Morgan fingerprint density at radius 2 is 1.73 bits per heavy atom. The Bertz CT molecular complexity index is 606. The SMILES string of the molecule is NC(=NCCS(=O)(=O)c1ccc(Cl)cc1)N1CCCCCC1. The Balaban J connectivity index is 1.93. The molecule has 0 amide bonds. The number of guanidine groups is 1. The summed E-state index contributed by atoms with van der Waals surface area (Å²) in [6, 6.07) is 6.17. The minimum absolute atomic E-state index is 0.0524. The lowest BCUT2D eigenvalue weighted by Crippen LogP contribution is -2.38. The lowest BCUT2D eigenvalue weighted by Gasteiger charge is -2.21. The Kier molecular flexibility index (Phi) is 6.08. The van der Waals surface area contributed by atoms with Crippen LogP contribution < -0.4 is 5.73 Å². The highest BCUT2D eigenvalue weighted by molar-refractivity contribution is 7.91. The Morgan fingerprint density at radius 1 is 1.14 bits per heavy atom. The fraction of sp³-hybridized carbons (Fsp3) is 0.533. The summed E-state index contributed by atoms with van der Waals surface area (Å²) >= 11 is 5.77. The highest BCUT2D eigenvalue weighted by Crippen LogP contribution is 2.15. The molecule has 0 atom stereocenters. The molecule has 0 radical (unpaired) electrons. The van der Waals surface area contributed by atoms with Crippen molar-refractivity contribution in [2.75, 3.05) is 25.4 Å². The Hall–Kier alpha value is -1.27. The number of nitrogens with two attached hydrogens (primary N) is 1. The van der Waals surface area contributed by atoms with E-state index in [4.69, 9.17) is 17.3 Å². The van der Waals surface area contributed by atoms with Crippen LogP contribution in [-0.2, 0) is 9.84 Å². The molecule has 22 heavy (non-hydrogen) atoms. The molecule has 1 aromatic carbocycles. The van der Waals surface area contributed by atoms with Gasteiger partial charge in [-0.05, 0) is 37.1 Å². The van der Waals surface area contributed by atoms with Crippen molar-refractivity contribution in [2.24, 2.45) is 10.7 Å². The van der Waals surface area contributed by atoms with Crippen LogP contribution in [0.2, 0.25) is 5.02 Å². The normalized spacial score (nSPS) is 17.3. The second-order valence-electron chi connectivity index (χ2n) is 5.41. The topological polar surface area (TPSA) is 75.8 Å². The fourth-order valence-electron chi connectivity index (χ4n) is 2.44. The number of aliphatic imine (C=N–C) groups is 1. The minimum Gasteiger partial charge on any atom is -0.370 e. The molecular weight excluding hydrogens is 322 g/mol. The van der Waals surface area contributed by atoms with E-state index < -0.39 is 9.84 Å². The molecule has 122 valence electrons. The van der Waals surface area contributed by atoms with Crippen LogP contribution in [0.15, 0.2) is 34.2 Å². The number of benzene rings is 1. The molecule has 1 aliphatic rings. The quantitative estimate of drug-likeness (QED) is 0.672. The van der Waals surface area contributed by atoms with E-state index in [1.807, 2.05) is 4.90 Å². The first kappa shape index (κ1) is 17.1. The molecule has 1 aliphatic heterocycles. The van der Waals surface area contributed by atoms with Gasteiger partial charge in [0.1, 0.15) is 0 Å². The van der Waals surface area contributed by atoms with Crippen LogP contribution >= 0.6 is 11.6 Å². The molecule has 0 saturated carbocycles. The summed E-state index contributed by atoms with van der Waals surface area (Å²) < 4.78 is 24.4. The van der Waals surface area contributed by atoms with E-state index in [2.05, 4.69) is 4.99 Å². The molecule has 1 fully saturated rings. The second kappa shape index (κ2) is 7.83. The summed E-state index contributed by atoms with van der Waals surface area (Å²) in [6.07, 6.45) is 4.65. The molecule has 0 spiro atoms. The summed E-state index contributed by atoms with van der Waals surface area (Å²) in [7, 11) is -3.35. The van der Waals surface area contributed by atoms with Crippen LogP contribution in [0.5, 0.6) is 0 Å². The van der Waals surface area contributed by atoms with Crippen molar-refractivity contribution in [2.45, 2.75) is 30.6 Å². The first-order valence-electron chi connectivity index (χ1n) is 7.52. The number of sulfone groups is 1. The maximum atomic E-state index is 12.2. The summed E-state index contributed by atoms with van der Waals surface area (Å²) in [5.41, 5.74) is 5.97. The molecule has 2 rings (SSSR count). The van der Waals surface area contributed by atoms with Gasteiger partial charge in [0.2, 0.25) is 0 Å². The van der Waals surface area contributed by atoms with Gasteiger partial charge in [0.15, 0.2) is 15.8 Å². The van der Waals surface area contributed by atoms with E-state index in [-0.39, 0.29) is 17.2 Å². The van der Waals surface area contributed by atoms with Gasteiger partial charge in [-0.1, -0.05) is 24.4 Å². The molecular formula is C15H22ClN3O2S. The third-order valence-electron chi connectivity index (χ3n) is 3.74. The number of likely N-dealkylation sites (tertiary alicyclic amines) is 1. The monoisotopic (exact) mass is 343 g/mol. The first-order valence-corrected chi connectivity index (χ1v) is 9.55. The van der Waals surface area contributed by atoms with Gasteiger partial charge in [0, 0.05) is 18.1 Å². The molecule has 0 aromatic heterocycles. The van der Waals surface area contributed by atoms with Crippen molar-refractivity contribution in [1.82, 2.24) is 4.90 Å². The maximum Gasteiger partial charge on any atom is 0.191 e. The van der Waals surface area contributed by atoms with E-state index >= 15 is 0 Å². The summed E-state index contributed by atoms with van der Waals surface area (Å²) in [6.45, 7) is 1.98. The van der Waals surface area contributed by atoms with E-state index in [1.54, 1.807) is 12.1 Å². The van der Waals surface area contributed by atoms with E-state index in [9.17, 15) is 8.42 Å². The maximum absolute atomic E-state index is 12.2. The molecule has 0 unspecified atom stereocenters. The highest BCUT2D eigenvalue weighted by Gasteiger charge is 2.15. The molecule has 1 aromatic rings. The zero-order chi connectivity index (χ0) is 16.0. The molecule has 0 bridgehead atoms. The third-order valence-corrected chi connectivity index (χ3v) is 5.70. The van der Waals surface area contributed by atoms with Gasteiger partial charge in [0.25, 0.3) is 0 Å². The van der Waals surface area contributed by atoms with Gasteiger partial charge >= 0.3 is 0 Å². The predicted molar refractivity (Wildman–Crippen MR) is 90.0 cm³/mol. The van der Waals surface area contributed by atoms with Crippen LogP contribution in [0.4, 0.5) is 0 Å². The number of hydrogen-bond donors (Lipinski definition) is 1. The van der Waals surface area contributed by atoms with Gasteiger partial charge in [-0.3, -0.25) is 4.99 Å². The molecule has 1 heterocycles. The molecule has 5 nitrogen and oxygen atoms in total. The smallest absolute Gasteiger partial charge is 0.191 e. The average molecular weight is 344 g/mol. The predicted octanol–water partition coefficient (Wildman–Crippen LogP) is 2.30. The fourth-order valence-corrected chi connectivity index (χ4v) is 3.68. The standard InChI is InChI=1S/C15H22ClN3O2S/c16-13-5-7-14(8-6-13)22(20,21)12-9-18-15(17)19-10-3-1-2-4-11-19/h5-8H,1-4,9-12H2,(H2,17,18). The third kappa shape index (κ3) is 4.88. The van der Waals surface area contributed by atoms with E-state index in [0.29, 0.717) is 11.0 Å². The zero-order valence-electron chi connectivity index (χ0n) is 12.5. The summed E-state index contributed by atoms with van der Waals surface area (Å²) in [4.78, 5) is 6.54. The van der Waals surface area contributed by atoms with Crippen molar-refractivity contribution in [1.29, 1.82) is 0 Å². The zero-order valence-corrected chi connectivity index (χ0v) is 14.1. The average Bonchev–Trinajstić information content (AvgIpc) is 2.76. The number of hydrogen-bond acceptors (Lipinski definition) is 3. The van der Waals surface area contributed by atoms with Crippen LogP contribution in [0, 0.1) is 0 Å². The largest absolute Gasteiger partial charge is 0.370 e. The Labute approximate surface area is 137 Å². The van der Waals surface area contributed by atoms with Crippen LogP contribution in [0.3, 0.4) is 0 Å². The van der Waals surface area contributed by atoms with Gasteiger partial charge in [-0.2, -0.15) is 0 Å². The second-order valence-corrected chi connectivity index (χ2v) is 7.96. The van der Waals surface area contributed by atoms with Crippen molar-refractivity contribution in [3.63, 3.8) is 0 Å². The van der Waals surface area contributed by atoms with Crippen molar-refractivity contribution < 1.29 is 8.42 Å².